The van der Waals surface area contributed by atoms with Gasteiger partial charge in [0.1, 0.15) is 5.52 Å². The second-order valence-electron chi connectivity index (χ2n) is 6.23. The van der Waals surface area contributed by atoms with Gasteiger partial charge < -0.3 is 10.5 Å². The average Bonchev–Trinajstić information content (AvgIpc) is 2.79. The van der Waals surface area contributed by atoms with Crippen molar-refractivity contribution < 1.29 is 5.21 Å². The lowest BCUT2D eigenvalue weighted by Gasteiger charge is -2.14. The predicted molar refractivity (Wildman–Crippen MR) is 130 cm³/mol. The summed E-state index contributed by atoms with van der Waals surface area (Å²) in [5.74, 6) is 4.16. The van der Waals surface area contributed by atoms with Gasteiger partial charge in [-0.3, -0.25) is 4.98 Å². The highest BCUT2D eigenvalue weighted by molar-refractivity contribution is 9.10. The third-order valence-electron chi connectivity index (χ3n) is 4.25. The predicted octanol–water partition coefficient (Wildman–Crippen LogP) is 5.13. The highest BCUT2D eigenvalue weighted by Crippen LogP contribution is 2.19. The summed E-state index contributed by atoms with van der Waals surface area (Å²) in [7, 11) is 1.95. The zero-order valence-corrected chi connectivity index (χ0v) is 20.9. The first-order chi connectivity index (χ1) is 14.5. The van der Waals surface area contributed by atoms with Crippen LogP contribution in [0.1, 0.15) is 36.1 Å². The van der Waals surface area contributed by atoms with Crippen LogP contribution in [0.5, 0.6) is 0 Å². The van der Waals surface area contributed by atoms with Gasteiger partial charge in [0, 0.05) is 35.0 Å². The molecule has 0 fully saturated rings. The molecular formula is C22H33BrClN5O. The summed E-state index contributed by atoms with van der Waals surface area (Å²) in [6.07, 6.45) is 6.06. The minimum absolute atomic E-state index is 0.373. The molecule has 8 heteroatoms. The Morgan fingerprint density at radius 2 is 1.73 bits per heavy atom. The van der Waals surface area contributed by atoms with Gasteiger partial charge in [-0.05, 0) is 66.9 Å². The normalized spacial score (nSPS) is 10.6. The van der Waals surface area contributed by atoms with Gasteiger partial charge in [-0.15, -0.1) is 11.6 Å². The molecule has 0 aliphatic heterocycles. The van der Waals surface area contributed by atoms with Crippen LogP contribution in [-0.2, 0) is 6.42 Å². The number of hydrogen-bond acceptors (Lipinski definition) is 6. The molecule has 3 aromatic rings. The maximum atomic E-state index is 6.50. The fraction of sp³-hybridized carbons (Fsp3) is 0.409. The molecule has 2 heterocycles. The van der Waals surface area contributed by atoms with Gasteiger partial charge in [0.05, 0.1) is 0 Å². The zero-order chi connectivity index (χ0) is 23.1. The number of aromatic nitrogens is 3. The van der Waals surface area contributed by atoms with Gasteiger partial charge in [0.25, 0.3) is 0 Å². The number of nitrogens with two attached hydrogens (primary N) is 1. The molecule has 0 saturated carbocycles. The highest BCUT2D eigenvalue weighted by atomic mass is 79.9. The van der Waals surface area contributed by atoms with E-state index in [2.05, 4.69) is 74.1 Å². The first-order valence-corrected chi connectivity index (χ1v) is 11.1. The van der Waals surface area contributed by atoms with Crippen LogP contribution < -0.4 is 11.2 Å². The molecule has 0 amide bonds. The molecule has 0 aliphatic rings. The topological polar surface area (TPSA) is 97.0 Å². The van der Waals surface area contributed by atoms with Gasteiger partial charge in [-0.1, -0.05) is 37.6 Å². The monoisotopic (exact) mass is 497 g/mol. The molecule has 4 N–H and O–H groups in total. The number of likely N-dealkylation sites (N-methyl/N-ethyl adjacent to an activating group) is 1. The van der Waals surface area contributed by atoms with Gasteiger partial charge >= 0.3 is 0 Å². The highest BCUT2D eigenvalue weighted by Gasteiger charge is 2.07. The first kappa shape index (κ1) is 28.4. The van der Waals surface area contributed by atoms with Crippen molar-refractivity contribution in [3.63, 3.8) is 0 Å². The minimum atomic E-state index is 0.373. The largest absolute Gasteiger partial charge is 0.320 e. The summed E-state index contributed by atoms with van der Waals surface area (Å²) in [5, 5.41) is 9.71. The van der Waals surface area contributed by atoms with Gasteiger partial charge in [-0.2, -0.15) is 0 Å². The van der Waals surface area contributed by atoms with Crippen LogP contribution >= 0.6 is 27.5 Å². The number of pyridine rings is 1. The van der Waals surface area contributed by atoms with Crippen LogP contribution in [0.2, 0.25) is 0 Å². The third-order valence-corrected chi connectivity index (χ3v) is 5.42. The Balaban J connectivity index is 0.000000484. The Kier molecular flexibility index (Phi) is 15.2. The second kappa shape index (κ2) is 16.1. The third kappa shape index (κ3) is 9.02. The quantitative estimate of drug-likeness (QED) is 0.341. The van der Waals surface area contributed by atoms with Gasteiger partial charge in [0.2, 0.25) is 0 Å². The number of fused-ring (bicyclic) bond motifs is 1. The second-order valence-corrected chi connectivity index (χ2v) is 7.40. The van der Waals surface area contributed by atoms with E-state index in [0.717, 1.165) is 22.0 Å². The SMILES string of the molecule is CC.CNC(CCl)Cc1ccc(C)cc1C.Cc1c(Br)cnc2nccnc12.NO. The van der Waals surface area contributed by atoms with E-state index in [1.165, 1.54) is 16.7 Å². The fourth-order valence-electron chi connectivity index (χ4n) is 2.59. The Hall–Kier alpha value is -1.64. The Labute approximate surface area is 193 Å². The lowest BCUT2D eigenvalue weighted by Crippen LogP contribution is -2.29. The molecule has 6 nitrogen and oxygen atoms in total. The standard InChI is InChI=1S/C12H18ClN.C8H6BrN3.C2H6.H3NO/c1-9-4-5-11(10(2)6-9)7-12(8-13)14-3;1-5-6(9)4-12-8-7(5)10-2-3-11-8;2*1-2/h4-6,12,14H,7-8H2,1-3H3;2-4H,1H3;1-2H3;2H,1H2. The summed E-state index contributed by atoms with van der Waals surface area (Å²) in [5.41, 5.74) is 6.68. The lowest BCUT2D eigenvalue weighted by atomic mass is 10.00. The van der Waals surface area contributed by atoms with Crippen molar-refractivity contribution in [1.29, 1.82) is 0 Å². The molecule has 0 saturated heterocycles. The van der Waals surface area contributed by atoms with Crippen molar-refractivity contribution in [3.8, 4) is 0 Å². The zero-order valence-electron chi connectivity index (χ0n) is 18.6. The van der Waals surface area contributed by atoms with Crippen molar-refractivity contribution >= 4 is 38.7 Å². The number of rotatable bonds is 4. The lowest BCUT2D eigenvalue weighted by molar-refractivity contribution is 0.311. The van der Waals surface area contributed by atoms with Crippen molar-refractivity contribution in [2.45, 2.75) is 47.1 Å². The molecule has 0 radical (unpaired) electrons. The number of benzene rings is 1. The number of nitrogens with one attached hydrogen (secondary N) is 1. The Bertz CT molecular complexity index is 875. The van der Waals surface area contributed by atoms with E-state index in [9.17, 15) is 0 Å². The number of nitrogens with zero attached hydrogens (tertiary/aromatic N) is 3. The Morgan fingerprint density at radius 1 is 1.10 bits per heavy atom. The van der Waals surface area contributed by atoms with Crippen molar-refractivity contribution in [2.24, 2.45) is 5.90 Å². The maximum absolute atomic E-state index is 6.50. The summed E-state index contributed by atoms with van der Waals surface area (Å²) in [6, 6.07) is 6.94. The number of halogens is 2. The van der Waals surface area contributed by atoms with Crippen LogP contribution in [0.15, 0.2) is 41.3 Å². The van der Waals surface area contributed by atoms with E-state index in [0.29, 0.717) is 17.6 Å². The van der Waals surface area contributed by atoms with Crippen molar-refractivity contribution in [3.05, 3.63) is 63.5 Å². The van der Waals surface area contributed by atoms with E-state index in [1.807, 2.05) is 27.8 Å². The molecule has 166 valence electrons. The molecule has 0 spiro atoms. The van der Waals surface area contributed by atoms with Crippen LogP contribution in [0.25, 0.3) is 11.2 Å². The van der Waals surface area contributed by atoms with E-state index in [1.54, 1.807) is 18.6 Å². The molecule has 0 aliphatic carbocycles. The molecule has 1 aromatic carbocycles. The summed E-state index contributed by atoms with van der Waals surface area (Å²) in [6.45, 7) is 10.3. The van der Waals surface area contributed by atoms with Gasteiger partial charge in [0.15, 0.2) is 5.65 Å². The van der Waals surface area contributed by atoms with E-state index >= 15 is 0 Å². The summed E-state index contributed by atoms with van der Waals surface area (Å²) in [4.78, 5) is 12.4. The minimum Gasteiger partial charge on any atom is -0.320 e. The van der Waals surface area contributed by atoms with Crippen molar-refractivity contribution in [2.75, 3.05) is 12.9 Å². The number of aryl methyl sites for hydroxylation is 3. The molecular weight excluding hydrogens is 466 g/mol. The molecule has 30 heavy (non-hydrogen) atoms. The van der Waals surface area contributed by atoms with E-state index in [4.69, 9.17) is 16.8 Å². The van der Waals surface area contributed by atoms with Gasteiger partial charge in [-0.25, -0.2) is 15.9 Å². The summed E-state index contributed by atoms with van der Waals surface area (Å²) < 4.78 is 0.968. The smallest absolute Gasteiger partial charge is 0.178 e. The van der Waals surface area contributed by atoms with E-state index in [-0.39, 0.29) is 0 Å². The molecule has 0 bridgehead atoms. The molecule has 1 unspecified atom stereocenters. The van der Waals surface area contributed by atoms with E-state index < -0.39 is 0 Å². The van der Waals surface area contributed by atoms with Crippen LogP contribution in [0.4, 0.5) is 0 Å². The molecule has 2 aromatic heterocycles. The number of hydrogen-bond donors (Lipinski definition) is 3. The average molecular weight is 499 g/mol. The van der Waals surface area contributed by atoms with Crippen LogP contribution in [0.3, 0.4) is 0 Å². The summed E-state index contributed by atoms with van der Waals surface area (Å²) >= 11 is 9.22. The van der Waals surface area contributed by atoms with Crippen LogP contribution in [0, 0.1) is 20.8 Å². The fourth-order valence-corrected chi connectivity index (χ4v) is 3.15. The Morgan fingerprint density at radius 3 is 2.30 bits per heavy atom. The van der Waals surface area contributed by atoms with Crippen molar-refractivity contribution in [1.82, 2.24) is 20.3 Å². The molecule has 3 rings (SSSR count). The number of alkyl halides is 1. The maximum Gasteiger partial charge on any atom is 0.178 e. The van der Waals surface area contributed by atoms with Crippen LogP contribution in [-0.4, -0.2) is 39.1 Å². The first-order valence-electron chi connectivity index (χ1n) is 9.73. The molecule has 1 atom stereocenters.